The Hall–Kier alpha value is -1.59. The van der Waals surface area contributed by atoms with Gasteiger partial charge in [0, 0.05) is 26.7 Å². The number of amides is 1. The van der Waals surface area contributed by atoms with Gasteiger partial charge in [-0.25, -0.2) is 0 Å². The number of hydrogen-bond donors (Lipinski definition) is 2. The van der Waals surface area contributed by atoms with E-state index >= 15 is 0 Å². The van der Waals surface area contributed by atoms with Crippen molar-refractivity contribution in [1.82, 2.24) is 0 Å². The van der Waals surface area contributed by atoms with E-state index in [0.29, 0.717) is 6.54 Å². The van der Waals surface area contributed by atoms with Gasteiger partial charge in [-0.2, -0.15) is 0 Å². The molecule has 1 aromatic rings. The Bertz CT molecular complexity index is 440. The number of hydrogen-bond acceptors (Lipinski definition) is 4. The molecule has 1 heterocycles. The quantitative estimate of drug-likeness (QED) is 0.828. The molecule has 1 aromatic carbocycles. The van der Waals surface area contributed by atoms with Crippen molar-refractivity contribution in [3.8, 4) is 0 Å². The highest BCUT2D eigenvalue weighted by Crippen LogP contribution is 2.28. The topological polar surface area (TPSA) is 67.6 Å². The number of para-hydroxylation sites is 2. The first kappa shape index (κ1) is 14.8. The van der Waals surface area contributed by atoms with E-state index in [4.69, 9.17) is 10.5 Å². The number of carbonyl (C=O) groups is 1. The van der Waals surface area contributed by atoms with Gasteiger partial charge in [-0.1, -0.05) is 12.1 Å². The first-order valence-corrected chi connectivity index (χ1v) is 7.11. The van der Waals surface area contributed by atoms with Crippen LogP contribution in [-0.4, -0.2) is 38.8 Å². The van der Waals surface area contributed by atoms with Crippen LogP contribution in [0.2, 0.25) is 0 Å². The average Bonchev–Trinajstić information content (AvgIpc) is 2.99. The molecule has 110 valence electrons. The monoisotopic (exact) mass is 277 g/mol. The normalized spacial score (nSPS) is 16.2. The van der Waals surface area contributed by atoms with Crippen LogP contribution in [0.15, 0.2) is 24.3 Å². The van der Waals surface area contributed by atoms with E-state index in [0.717, 1.165) is 24.5 Å². The lowest BCUT2D eigenvalue weighted by Crippen LogP contribution is -2.28. The largest absolute Gasteiger partial charge is 0.380 e. The number of methoxy groups -OCH3 is 1. The standard InChI is InChI=1S/C15H23N3O2/c1-20-12(11-16)10-15(19)17-13-6-2-3-7-14(13)18-8-4-5-9-18/h2-3,6-7,12H,4-5,8-11,16H2,1H3,(H,17,19). The molecule has 1 saturated heterocycles. The first-order chi connectivity index (χ1) is 9.74. The fourth-order valence-electron chi connectivity index (χ4n) is 2.48. The van der Waals surface area contributed by atoms with Gasteiger partial charge < -0.3 is 20.7 Å². The van der Waals surface area contributed by atoms with Crippen molar-refractivity contribution in [2.45, 2.75) is 25.4 Å². The Morgan fingerprint density at radius 1 is 1.40 bits per heavy atom. The second kappa shape index (κ2) is 7.26. The minimum absolute atomic E-state index is 0.0612. The van der Waals surface area contributed by atoms with Gasteiger partial charge in [0.05, 0.1) is 23.9 Å². The van der Waals surface area contributed by atoms with Gasteiger partial charge in [-0.15, -0.1) is 0 Å². The summed E-state index contributed by atoms with van der Waals surface area (Å²) in [6.07, 6.45) is 2.47. The predicted octanol–water partition coefficient (Wildman–Crippen LogP) is 1.59. The molecule has 1 aliphatic rings. The van der Waals surface area contributed by atoms with E-state index in [1.807, 2.05) is 18.2 Å². The van der Waals surface area contributed by atoms with Gasteiger partial charge in [0.15, 0.2) is 0 Å². The van der Waals surface area contributed by atoms with Crippen LogP contribution in [0.25, 0.3) is 0 Å². The Morgan fingerprint density at radius 2 is 2.10 bits per heavy atom. The lowest BCUT2D eigenvalue weighted by atomic mass is 10.2. The average molecular weight is 277 g/mol. The molecular weight excluding hydrogens is 254 g/mol. The van der Waals surface area contributed by atoms with Crippen LogP contribution < -0.4 is 16.0 Å². The maximum absolute atomic E-state index is 12.0. The van der Waals surface area contributed by atoms with Crippen molar-refractivity contribution >= 4 is 17.3 Å². The lowest BCUT2D eigenvalue weighted by molar-refractivity contribution is -0.118. The van der Waals surface area contributed by atoms with Crippen LogP contribution in [0.1, 0.15) is 19.3 Å². The Labute approximate surface area is 120 Å². The van der Waals surface area contributed by atoms with Gasteiger partial charge in [0.2, 0.25) is 5.91 Å². The summed E-state index contributed by atoms with van der Waals surface area (Å²) in [6, 6.07) is 7.93. The summed E-state index contributed by atoms with van der Waals surface area (Å²) in [5.41, 5.74) is 7.51. The summed E-state index contributed by atoms with van der Waals surface area (Å²) >= 11 is 0. The minimum atomic E-state index is -0.228. The molecule has 0 bridgehead atoms. The molecule has 5 heteroatoms. The Balaban J connectivity index is 2.03. The number of ether oxygens (including phenoxy) is 1. The third kappa shape index (κ3) is 3.71. The summed E-state index contributed by atoms with van der Waals surface area (Å²) < 4.78 is 5.14. The zero-order valence-electron chi connectivity index (χ0n) is 12.0. The highest BCUT2D eigenvalue weighted by molar-refractivity contribution is 5.94. The lowest BCUT2D eigenvalue weighted by Gasteiger charge is -2.22. The number of nitrogens with one attached hydrogen (secondary N) is 1. The molecule has 1 atom stereocenters. The van der Waals surface area contributed by atoms with Crippen molar-refractivity contribution in [2.75, 3.05) is 37.0 Å². The number of benzene rings is 1. The number of nitrogens with zero attached hydrogens (tertiary/aromatic N) is 1. The smallest absolute Gasteiger partial charge is 0.227 e. The molecule has 1 fully saturated rings. The zero-order chi connectivity index (χ0) is 14.4. The second-order valence-electron chi connectivity index (χ2n) is 5.06. The van der Waals surface area contributed by atoms with Crippen molar-refractivity contribution in [3.63, 3.8) is 0 Å². The fraction of sp³-hybridized carbons (Fsp3) is 0.533. The summed E-state index contributed by atoms with van der Waals surface area (Å²) in [5, 5.41) is 2.97. The van der Waals surface area contributed by atoms with Crippen molar-refractivity contribution in [1.29, 1.82) is 0 Å². The third-order valence-corrected chi connectivity index (χ3v) is 3.63. The molecule has 0 aliphatic carbocycles. The SMILES string of the molecule is COC(CN)CC(=O)Nc1ccccc1N1CCCC1. The number of nitrogens with two attached hydrogens (primary N) is 1. The van der Waals surface area contributed by atoms with Gasteiger partial charge >= 0.3 is 0 Å². The van der Waals surface area contributed by atoms with Gasteiger partial charge in [0.25, 0.3) is 0 Å². The third-order valence-electron chi connectivity index (χ3n) is 3.63. The van der Waals surface area contributed by atoms with Crippen molar-refractivity contribution in [2.24, 2.45) is 5.73 Å². The Kier molecular flexibility index (Phi) is 5.38. The van der Waals surface area contributed by atoms with E-state index in [-0.39, 0.29) is 18.4 Å². The minimum Gasteiger partial charge on any atom is -0.380 e. The molecule has 2 rings (SSSR count). The summed E-state index contributed by atoms with van der Waals surface area (Å²) in [4.78, 5) is 14.4. The van der Waals surface area contributed by atoms with Crippen molar-refractivity contribution < 1.29 is 9.53 Å². The van der Waals surface area contributed by atoms with Crippen LogP contribution >= 0.6 is 0 Å². The number of rotatable bonds is 6. The van der Waals surface area contributed by atoms with Crippen LogP contribution in [-0.2, 0) is 9.53 Å². The molecular formula is C15H23N3O2. The maximum Gasteiger partial charge on any atom is 0.227 e. The van der Waals surface area contributed by atoms with Crippen LogP contribution in [0.3, 0.4) is 0 Å². The second-order valence-corrected chi connectivity index (χ2v) is 5.06. The summed E-state index contributed by atoms with van der Waals surface area (Å²) in [7, 11) is 1.57. The molecule has 0 radical (unpaired) electrons. The zero-order valence-corrected chi connectivity index (χ0v) is 12.0. The van der Waals surface area contributed by atoms with Gasteiger partial charge in [-0.3, -0.25) is 4.79 Å². The molecule has 1 unspecified atom stereocenters. The Morgan fingerprint density at radius 3 is 2.75 bits per heavy atom. The molecule has 3 N–H and O–H groups in total. The summed E-state index contributed by atoms with van der Waals surface area (Å²) in [6.45, 7) is 2.45. The van der Waals surface area contributed by atoms with Crippen LogP contribution in [0, 0.1) is 0 Å². The highest BCUT2D eigenvalue weighted by atomic mass is 16.5. The predicted molar refractivity (Wildman–Crippen MR) is 81.0 cm³/mol. The first-order valence-electron chi connectivity index (χ1n) is 7.11. The van der Waals surface area contributed by atoms with E-state index < -0.39 is 0 Å². The summed E-state index contributed by atoms with van der Waals surface area (Å²) in [5.74, 6) is -0.0612. The van der Waals surface area contributed by atoms with Crippen molar-refractivity contribution in [3.05, 3.63) is 24.3 Å². The van der Waals surface area contributed by atoms with Gasteiger partial charge in [-0.05, 0) is 25.0 Å². The molecule has 1 amide bonds. The van der Waals surface area contributed by atoms with Gasteiger partial charge in [0.1, 0.15) is 0 Å². The maximum atomic E-state index is 12.0. The molecule has 1 aliphatic heterocycles. The molecule has 0 aromatic heterocycles. The van der Waals surface area contributed by atoms with E-state index in [2.05, 4.69) is 16.3 Å². The van der Waals surface area contributed by atoms with E-state index in [9.17, 15) is 4.79 Å². The van der Waals surface area contributed by atoms with Crippen LogP contribution in [0.4, 0.5) is 11.4 Å². The molecule has 20 heavy (non-hydrogen) atoms. The number of carbonyl (C=O) groups excluding carboxylic acids is 1. The number of anilines is 2. The fourth-order valence-corrected chi connectivity index (χ4v) is 2.48. The molecule has 0 spiro atoms. The van der Waals surface area contributed by atoms with E-state index in [1.54, 1.807) is 7.11 Å². The highest BCUT2D eigenvalue weighted by Gasteiger charge is 2.17. The van der Waals surface area contributed by atoms with Crippen LogP contribution in [0.5, 0.6) is 0 Å². The molecule has 5 nitrogen and oxygen atoms in total. The molecule has 0 saturated carbocycles. The van der Waals surface area contributed by atoms with E-state index in [1.165, 1.54) is 12.8 Å².